The van der Waals surface area contributed by atoms with E-state index in [0.717, 1.165) is 5.69 Å². The van der Waals surface area contributed by atoms with Gasteiger partial charge in [-0.15, -0.1) is 0 Å². The van der Waals surface area contributed by atoms with Crippen LogP contribution in [0.4, 0.5) is 0 Å². The summed E-state index contributed by atoms with van der Waals surface area (Å²) >= 11 is 0. The summed E-state index contributed by atoms with van der Waals surface area (Å²) in [5.74, 6) is -0.712. The molecular weight excluding hydrogens is 166 g/mol. The van der Waals surface area contributed by atoms with Crippen molar-refractivity contribution < 1.29 is 4.79 Å². The standard InChI is InChI=1S/C9H9N3O/c1-7(13)8(5-10)4-9-2-3-11-6-12-9/h2-3,6,8H,4H2,1H3. The first kappa shape index (κ1) is 9.33. The van der Waals surface area contributed by atoms with Crippen molar-refractivity contribution >= 4 is 5.78 Å². The molecule has 0 saturated heterocycles. The summed E-state index contributed by atoms with van der Waals surface area (Å²) in [6.45, 7) is 1.41. The lowest BCUT2D eigenvalue weighted by Crippen LogP contribution is -2.12. The monoisotopic (exact) mass is 175 g/mol. The van der Waals surface area contributed by atoms with Crippen molar-refractivity contribution in [2.24, 2.45) is 5.92 Å². The van der Waals surface area contributed by atoms with Gasteiger partial charge in [0.15, 0.2) is 0 Å². The highest BCUT2D eigenvalue weighted by molar-refractivity contribution is 5.80. The topological polar surface area (TPSA) is 66.6 Å². The highest BCUT2D eigenvalue weighted by atomic mass is 16.1. The molecule has 0 aliphatic carbocycles. The molecule has 0 aliphatic rings. The van der Waals surface area contributed by atoms with Gasteiger partial charge in [0.25, 0.3) is 0 Å². The van der Waals surface area contributed by atoms with Crippen molar-refractivity contribution in [3.8, 4) is 6.07 Å². The Balaban J connectivity index is 2.69. The Morgan fingerprint density at radius 2 is 2.54 bits per heavy atom. The van der Waals surface area contributed by atoms with Crippen LogP contribution in [0.1, 0.15) is 12.6 Å². The molecule has 0 fully saturated rings. The number of rotatable bonds is 3. The fourth-order valence-corrected chi connectivity index (χ4v) is 0.928. The first-order valence-corrected chi connectivity index (χ1v) is 3.89. The minimum absolute atomic E-state index is 0.124. The number of nitriles is 1. The number of carbonyl (C=O) groups excluding carboxylic acids is 1. The third-order valence-corrected chi connectivity index (χ3v) is 1.70. The maximum atomic E-state index is 10.9. The largest absolute Gasteiger partial charge is 0.299 e. The van der Waals surface area contributed by atoms with Gasteiger partial charge in [0.1, 0.15) is 18.0 Å². The molecule has 0 aromatic carbocycles. The molecule has 1 atom stereocenters. The maximum absolute atomic E-state index is 10.9. The van der Waals surface area contributed by atoms with Crippen molar-refractivity contribution in [3.63, 3.8) is 0 Å². The van der Waals surface area contributed by atoms with Gasteiger partial charge in [0.05, 0.1) is 6.07 Å². The van der Waals surface area contributed by atoms with Gasteiger partial charge < -0.3 is 0 Å². The van der Waals surface area contributed by atoms with Crippen molar-refractivity contribution in [2.45, 2.75) is 13.3 Å². The average Bonchev–Trinajstić information content (AvgIpc) is 2.15. The maximum Gasteiger partial charge on any atom is 0.147 e. The number of ketones is 1. The number of hydrogen-bond acceptors (Lipinski definition) is 4. The summed E-state index contributed by atoms with van der Waals surface area (Å²) in [6.07, 6.45) is 3.37. The predicted octanol–water partition coefficient (Wildman–Crippen LogP) is 0.748. The van der Waals surface area contributed by atoms with E-state index in [0.29, 0.717) is 6.42 Å². The Kier molecular flexibility index (Phi) is 3.09. The molecule has 0 spiro atoms. The van der Waals surface area contributed by atoms with Crippen LogP contribution < -0.4 is 0 Å². The van der Waals surface area contributed by atoms with E-state index in [1.807, 2.05) is 6.07 Å². The Bertz CT molecular complexity index is 328. The van der Waals surface area contributed by atoms with Crippen LogP contribution in [0, 0.1) is 17.2 Å². The van der Waals surface area contributed by atoms with E-state index in [-0.39, 0.29) is 5.78 Å². The van der Waals surface area contributed by atoms with Gasteiger partial charge in [-0.05, 0) is 13.0 Å². The summed E-state index contributed by atoms with van der Waals surface area (Å²) in [5, 5.41) is 8.64. The summed E-state index contributed by atoms with van der Waals surface area (Å²) < 4.78 is 0. The molecule has 0 amide bonds. The Labute approximate surface area is 76.2 Å². The number of nitrogens with zero attached hydrogens (tertiary/aromatic N) is 3. The number of Topliss-reactive ketones (excluding diaryl/α,β-unsaturated/α-hetero) is 1. The third-order valence-electron chi connectivity index (χ3n) is 1.70. The summed E-state index contributed by atoms with van der Waals surface area (Å²) in [7, 11) is 0. The lowest BCUT2D eigenvalue weighted by Gasteiger charge is -2.02. The summed E-state index contributed by atoms with van der Waals surface area (Å²) in [4.78, 5) is 18.6. The van der Waals surface area contributed by atoms with Crippen LogP contribution in [0.25, 0.3) is 0 Å². The van der Waals surface area contributed by atoms with Gasteiger partial charge >= 0.3 is 0 Å². The molecule has 1 rings (SSSR count). The van der Waals surface area contributed by atoms with Crippen LogP contribution in [-0.2, 0) is 11.2 Å². The fourth-order valence-electron chi connectivity index (χ4n) is 0.928. The Morgan fingerprint density at radius 3 is 3.00 bits per heavy atom. The molecule has 1 aromatic rings. The lowest BCUT2D eigenvalue weighted by atomic mass is 10.0. The van der Waals surface area contributed by atoms with E-state index in [1.54, 1.807) is 12.3 Å². The van der Waals surface area contributed by atoms with Gasteiger partial charge in [0.2, 0.25) is 0 Å². The van der Waals surface area contributed by atoms with Gasteiger partial charge in [0, 0.05) is 18.3 Å². The number of carbonyl (C=O) groups is 1. The molecular formula is C9H9N3O. The molecule has 0 radical (unpaired) electrons. The molecule has 66 valence electrons. The molecule has 1 heterocycles. The van der Waals surface area contributed by atoms with E-state index in [9.17, 15) is 4.79 Å². The fraction of sp³-hybridized carbons (Fsp3) is 0.333. The lowest BCUT2D eigenvalue weighted by molar-refractivity contribution is -0.119. The highest BCUT2D eigenvalue weighted by Crippen LogP contribution is 2.05. The minimum atomic E-state index is -0.588. The van der Waals surface area contributed by atoms with E-state index < -0.39 is 5.92 Å². The normalized spacial score (nSPS) is 11.7. The number of aromatic nitrogens is 2. The number of hydrogen-bond donors (Lipinski definition) is 0. The second kappa shape index (κ2) is 4.31. The zero-order chi connectivity index (χ0) is 9.68. The third kappa shape index (κ3) is 2.64. The van der Waals surface area contributed by atoms with Gasteiger partial charge in [-0.2, -0.15) is 5.26 Å². The van der Waals surface area contributed by atoms with Crippen LogP contribution in [0.5, 0.6) is 0 Å². The van der Waals surface area contributed by atoms with Crippen LogP contribution in [-0.4, -0.2) is 15.8 Å². The van der Waals surface area contributed by atoms with Gasteiger partial charge in [-0.1, -0.05) is 0 Å². The molecule has 4 heteroatoms. The Hall–Kier alpha value is -1.76. The van der Waals surface area contributed by atoms with E-state index in [4.69, 9.17) is 5.26 Å². The molecule has 0 aliphatic heterocycles. The SMILES string of the molecule is CC(=O)C(C#N)Cc1ccncn1. The van der Waals surface area contributed by atoms with Gasteiger partial charge in [-0.25, -0.2) is 9.97 Å². The first-order chi connectivity index (χ1) is 6.24. The smallest absolute Gasteiger partial charge is 0.147 e. The zero-order valence-electron chi connectivity index (χ0n) is 7.27. The summed E-state index contributed by atoms with van der Waals surface area (Å²) in [6, 6.07) is 3.64. The Morgan fingerprint density at radius 1 is 1.77 bits per heavy atom. The van der Waals surface area contributed by atoms with E-state index >= 15 is 0 Å². The van der Waals surface area contributed by atoms with Crippen molar-refractivity contribution in [3.05, 3.63) is 24.3 Å². The van der Waals surface area contributed by atoms with Crippen molar-refractivity contribution in [1.82, 2.24) is 9.97 Å². The van der Waals surface area contributed by atoms with Crippen LogP contribution in [0.3, 0.4) is 0 Å². The molecule has 0 N–H and O–H groups in total. The molecule has 0 bridgehead atoms. The predicted molar refractivity (Wildman–Crippen MR) is 45.5 cm³/mol. The molecule has 1 aromatic heterocycles. The second-order valence-electron chi connectivity index (χ2n) is 2.70. The van der Waals surface area contributed by atoms with Crippen molar-refractivity contribution in [2.75, 3.05) is 0 Å². The molecule has 0 saturated carbocycles. The quantitative estimate of drug-likeness (QED) is 0.679. The first-order valence-electron chi connectivity index (χ1n) is 3.89. The molecule has 13 heavy (non-hydrogen) atoms. The van der Waals surface area contributed by atoms with Crippen LogP contribution in [0.2, 0.25) is 0 Å². The minimum Gasteiger partial charge on any atom is -0.299 e. The summed E-state index contributed by atoms with van der Waals surface area (Å²) in [5.41, 5.74) is 0.719. The zero-order valence-corrected chi connectivity index (χ0v) is 7.27. The van der Waals surface area contributed by atoms with Gasteiger partial charge in [-0.3, -0.25) is 4.79 Å². The van der Waals surface area contributed by atoms with Crippen LogP contribution >= 0.6 is 0 Å². The van der Waals surface area contributed by atoms with Crippen molar-refractivity contribution in [1.29, 1.82) is 5.26 Å². The average molecular weight is 175 g/mol. The van der Waals surface area contributed by atoms with Crippen LogP contribution in [0.15, 0.2) is 18.6 Å². The van der Waals surface area contributed by atoms with E-state index in [2.05, 4.69) is 9.97 Å². The second-order valence-corrected chi connectivity index (χ2v) is 2.70. The molecule has 1 unspecified atom stereocenters. The highest BCUT2D eigenvalue weighted by Gasteiger charge is 2.13. The van der Waals surface area contributed by atoms with E-state index in [1.165, 1.54) is 13.3 Å². The molecule has 4 nitrogen and oxygen atoms in total.